The zero-order valence-electron chi connectivity index (χ0n) is 45.1. The van der Waals surface area contributed by atoms with Crippen LogP contribution in [0.4, 0.5) is 0 Å². The van der Waals surface area contributed by atoms with Gasteiger partial charge < -0.3 is 43.7 Å². The van der Waals surface area contributed by atoms with Crippen LogP contribution in [0.3, 0.4) is 0 Å². The van der Waals surface area contributed by atoms with E-state index in [9.17, 15) is 29.7 Å². The largest absolute Gasteiger partial charge is 0.507 e. The fourth-order valence-electron chi connectivity index (χ4n) is 11.2. The van der Waals surface area contributed by atoms with E-state index in [4.69, 9.17) is 28.4 Å². The quantitative estimate of drug-likeness (QED) is 0.0288. The van der Waals surface area contributed by atoms with Crippen LogP contribution in [0.1, 0.15) is 157 Å². The molecule has 0 aliphatic heterocycles. The average molecular weight is 1040 g/mol. The molecule has 0 radical (unpaired) electrons. The molecule has 3 N–H and O–H groups in total. The Morgan fingerprint density at radius 1 is 0.453 bits per heavy atom. The van der Waals surface area contributed by atoms with Crippen molar-refractivity contribution in [1.29, 1.82) is 0 Å². The fraction of sp³-hybridized carbons (Fsp3) is 0.600. The maximum atomic E-state index is 12.9. The zero-order valence-corrected chi connectivity index (χ0v) is 45.1. The van der Waals surface area contributed by atoms with Crippen molar-refractivity contribution in [1.82, 2.24) is 15.0 Å². The molecule has 0 saturated heterocycles. The molecule has 1 aromatic heterocycles. The number of hydrogen-bond acceptors (Lipinski definition) is 15. The lowest BCUT2D eigenvalue weighted by Crippen LogP contribution is -2.26. The van der Waals surface area contributed by atoms with E-state index < -0.39 is 36.2 Å². The molecule has 7 rings (SSSR count). The number of phenols is 3. The number of hydrogen-bond donors (Lipinski definition) is 3. The van der Waals surface area contributed by atoms with Crippen molar-refractivity contribution in [3.05, 3.63) is 54.6 Å². The predicted octanol–water partition coefficient (Wildman–Crippen LogP) is 12.7. The first-order chi connectivity index (χ1) is 36.2. The summed E-state index contributed by atoms with van der Waals surface area (Å²) in [6.45, 7) is 12.4. The Labute approximate surface area is 443 Å². The summed E-state index contributed by atoms with van der Waals surface area (Å²) in [5, 5.41) is 34.3. The van der Waals surface area contributed by atoms with Crippen LogP contribution in [-0.4, -0.2) is 86.3 Å². The van der Waals surface area contributed by atoms with E-state index in [1.54, 1.807) is 39.0 Å². The van der Waals surface area contributed by atoms with Gasteiger partial charge in [0.25, 0.3) is 0 Å². The third-order valence-corrected chi connectivity index (χ3v) is 15.9. The molecular formula is C60H81N3O12. The number of esters is 3. The SMILES string of the molecule is CCC1CCC(CCCOC(=O)C(C)Oc2ccc(-c3nc(-c4ccc(OC(C)C(=O)OCCCC5CCC(CC)C5)cc4O)nc(-c4ccc(OC(C)C(=O)OCCCC5CCC(CC)C5)cc4O)n3)c(O)c2)C1. The van der Waals surface area contributed by atoms with Crippen molar-refractivity contribution in [3.63, 3.8) is 0 Å². The molecule has 4 aromatic rings. The zero-order chi connectivity index (χ0) is 53.4. The van der Waals surface area contributed by atoms with Crippen molar-refractivity contribution < 1.29 is 58.1 Å². The average Bonchev–Trinajstić information content (AvgIpc) is 4.20. The molecule has 1 heterocycles. The summed E-state index contributed by atoms with van der Waals surface area (Å²) in [6, 6.07) is 13.3. The number of carbonyl (C=O) groups is 3. The van der Waals surface area contributed by atoms with Gasteiger partial charge in [0.1, 0.15) is 34.5 Å². The number of rotatable bonds is 27. The fourth-order valence-corrected chi connectivity index (χ4v) is 11.2. The molecule has 9 atom stereocenters. The number of carbonyl (C=O) groups excluding carboxylic acids is 3. The lowest BCUT2D eigenvalue weighted by atomic mass is 9.99. The highest BCUT2D eigenvalue weighted by Crippen LogP contribution is 2.40. The third kappa shape index (κ3) is 16.2. The van der Waals surface area contributed by atoms with Crippen LogP contribution in [0, 0.1) is 35.5 Å². The molecule has 408 valence electrons. The molecule has 0 spiro atoms. The van der Waals surface area contributed by atoms with E-state index in [0.717, 1.165) is 56.3 Å². The van der Waals surface area contributed by atoms with E-state index in [0.29, 0.717) is 37.6 Å². The first kappa shape index (κ1) is 56.6. The Hall–Kier alpha value is -6.12. The van der Waals surface area contributed by atoms with E-state index in [1.807, 2.05) is 0 Å². The van der Waals surface area contributed by atoms with Gasteiger partial charge >= 0.3 is 17.9 Å². The summed E-state index contributed by atoms with van der Waals surface area (Å²) in [7, 11) is 0. The van der Waals surface area contributed by atoms with Gasteiger partial charge in [-0.05, 0) is 150 Å². The summed E-state index contributed by atoms with van der Waals surface area (Å²) >= 11 is 0. The summed E-state index contributed by atoms with van der Waals surface area (Å²) in [5.74, 6) is 2.59. The van der Waals surface area contributed by atoms with E-state index >= 15 is 0 Å². The van der Waals surface area contributed by atoms with E-state index in [-0.39, 0.29) is 68.7 Å². The maximum Gasteiger partial charge on any atom is 0.347 e. The Morgan fingerprint density at radius 3 is 0.960 bits per heavy atom. The molecule has 3 aliphatic carbocycles. The minimum atomic E-state index is -0.950. The van der Waals surface area contributed by atoms with Gasteiger partial charge in [-0.15, -0.1) is 0 Å². The number of aromatic hydroxyl groups is 3. The summed E-state index contributed by atoms with van der Waals surface area (Å²) in [5.41, 5.74) is 0.458. The second kappa shape index (κ2) is 27.6. The highest BCUT2D eigenvalue weighted by molar-refractivity contribution is 5.77. The van der Waals surface area contributed by atoms with Gasteiger partial charge in [0, 0.05) is 18.2 Å². The minimum absolute atomic E-state index is 0.0255. The number of benzene rings is 3. The summed E-state index contributed by atoms with van der Waals surface area (Å²) < 4.78 is 34.3. The van der Waals surface area contributed by atoms with Crippen LogP contribution < -0.4 is 14.2 Å². The lowest BCUT2D eigenvalue weighted by Gasteiger charge is -2.17. The molecule has 3 aromatic carbocycles. The number of aromatic nitrogens is 3. The first-order valence-corrected chi connectivity index (χ1v) is 28.0. The van der Waals surface area contributed by atoms with Gasteiger partial charge in [0.15, 0.2) is 35.8 Å². The van der Waals surface area contributed by atoms with Crippen molar-refractivity contribution in [3.8, 4) is 68.7 Å². The molecular weight excluding hydrogens is 955 g/mol. The topological polar surface area (TPSA) is 206 Å². The second-order valence-electron chi connectivity index (χ2n) is 21.4. The van der Waals surface area contributed by atoms with Crippen molar-refractivity contribution in [2.75, 3.05) is 19.8 Å². The Balaban J connectivity index is 1.03. The molecule has 0 bridgehead atoms. The minimum Gasteiger partial charge on any atom is -0.507 e. The van der Waals surface area contributed by atoms with Crippen LogP contribution in [0.5, 0.6) is 34.5 Å². The Bertz CT molecular complexity index is 2240. The molecule has 9 unspecified atom stereocenters. The number of phenolic OH excluding ortho intramolecular Hbond substituents is 3. The highest BCUT2D eigenvalue weighted by atomic mass is 16.6. The summed E-state index contributed by atoms with van der Waals surface area (Å²) in [4.78, 5) is 52.6. The van der Waals surface area contributed by atoms with Crippen LogP contribution >= 0.6 is 0 Å². The molecule has 0 amide bonds. The lowest BCUT2D eigenvalue weighted by molar-refractivity contribution is -0.152. The van der Waals surface area contributed by atoms with Crippen molar-refractivity contribution in [2.45, 2.75) is 175 Å². The standard InChI is InChI=1S/C60H81N3O12/c1-7-40-16-19-43(31-40)13-10-28-70-58(67)37(4)73-46-22-25-49(52(64)34-46)55-61-56(50-26-23-47(35-53(50)65)74-38(5)59(68)71-29-11-14-44-20-17-41(8-2)32-44)63-57(62-55)51-27-24-48(36-54(51)66)75-39(6)60(69)72-30-12-15-45-21-18-42(9-3)33-45/h22-27,34-45,64-66H,7-21,28-33H2,1-6H3. The van der Waals surface area contributed by atoms with Crippen LogP contribution in [0.2, 0.25) is 0 Å². The van der Waals surface area contributed by atoms with Gasteiger partial charge in [0.2, 0.25) is 0 Å². The smallest absolute Gasteiger partial charge is 0.347 e. The molecule has 3 aliphatic rings. The maximum absolute atomic E-state index is 12.9. The number of nitrogens with zero attached hydrogens (tertiary/aromatic N) is 3. The van der Waals surface area contributed by atoms with Gasteiger partial charge in [-0.3, -0.25) is 0 Å². The molecule has 15 heteroatoms. The van der Waals surface area contributed by atoms with Gasteiger partial charge in [-0.1, -0.05) is 78.6 Å². The third-order valence-electron chi connectivity index (χ3n) is 15.9. The number of ether oxygens (including phenoxy) is 6. The molecule has 75 heavy (non-hydrogen) atoms. The van der Waals surface area contributed by atoms with Crippen molar-refractivity contribution >= 4 is 17.9 Å². The first-order valence-electron chi connectivity index (χ1n) is 28.0. The Morgan fingerprint density at radius 2 is 0.720 bits per heavy atom. The normalized spacial score (nSPS) is 21.5. The monoisotopic (exact) mass is 1040 g/mol. The van der Waals surface area contributed by atoms with Crippen LogP contribution in [0.15, 0.2) is 54.6 Å². The predicted molar refractivity (Wildman–Crippen MR) is 285 cm³/mol. The molecule has 3 saturated carbocycles. The van der Waals surface area contributed by atoms with Crippen LogP contribution in [0.25, 0.3) is 34.2 Å². The van der Waals surface area contributed by atoms with Crippen molar-refractivity contribution in [2.24, 2.45) is 35.5 Å². The van der Waals surface area contributed by atoms with Gasteiger partial charge in [0.05, 0.1) is 36.5 Å². The van der Waals surface area contributed by atoms with Gasteiger partial charge in [-0.25, -0.2) is 29.3 Å². The van der Waals surface area contributed by atoms with E-state index in [2.05, 4.69) is 35.7 Å². The van der Waals surface area contributed by atoms with Crippen LogP contribution in [-0.2, 0) is 28.6 Å². The molecule has 3 fully saturated rings. The highest BCUT2D eigenvalue weighted by Gasteiger charge is 2.28. The summed E-state index contributed by atoms with van der Waals surface area (Å²) in [6.07, 6.45) is 17.5. The Kier molecular flexibility index (Phi) is 20.8. The second-order valence-corrected chi connectivity index (χ2v) is 21.4. The molecule has 15 nitrogen and oxygen atoms in total. The van der Waals surface area contributed by atoms with E-state index in [1.165, 1.54) is 113 Å². The van der Waals surface area contributed by atoms with Gasteiger partial charge in [-0.2, -0.15) is 0 Å².